The quantitative estimate of drug-likeness (QED) is 0.473. The highest BCUT2D eigenvalue weighted by Gasteiger charge is 2.58. The molecule has 0 spiro atoms. The number of amides is 2. The SMILES string of the molecule is COc1cc(C2(C(=O)N3C[C@H](S(=O)(=O)c4ccccc4Cl)C[C@@H]3OC(=O)NC3(C#N)CC3)CC2)c(Cl)cc1Cl. The van der Waals surface area contributed by atoms with Crippen molar-refractivity contribution in [3.8, 4) is 11.8 Å². The number of carbonyl (C=O) groups excluding carboxylic acids is 2. The van der Waals surface area contributed by atoms with E-state index in [0.717, 1.165) is 0 Å². The van der Waals surface area contributed by atoms with Crippen LogP contribution in [0.15, 0.2) is 41.3 Å². The van der Waals surface area contributed by atoms with Gasteiger partial charge in [0, 0.05) is 18.0 Å². The molecular formula is C26H24Cl3N3O6S. The first kappa shape index (κ1) is 27.8. The zero-order chi connectivity index (χ0) is 28.2. The number of nitrogens with one attached hydrogen (secondary N) is 1. The summed E-state index contributed by atoms with van der Waals surface area (Å²) in [5.74, 6) is -0.0843. The third-order valence-electron chi connectivity index (χ3n) is 7.52. The summed E-state index contributed by atoms with van der Waals surface area (Å²) in [6.07, 6.45) is -0.398. The molecule has 0 bridgehead atoms. The second-order valence-corrected chi connectivity index (χ2v) is 13.4. The number of benzene rings is 2. The van der Waals surface area contributed by atoms with Gasteiger partial charge in [-0.05, 0) is 55.5 Å². The van der Waals surface area contributed by atoms with Gasteiger partial charge < -0.3 is 19.7 Å². The van der Waals surface area contributed by atoms with Gasteiger partial charge in [-0.2, -0.15) is 5.26 Å². The van der Waals surface area contributed by atoms with E-state index in [9.17, 15) is 23.3 Å². The van der Waals surface area contributed by atoms with Crippen molar-refractivity contribution in [3.05, 3.63) is 57.0 Å². The number of halogens is 3. The predicted molar refractivity (Wildman–Crippen MR) is 144 cm³/mol. The van der Waals surface area contributed by atoms with Crippen LogP contribution in [0.1, 0.15) is 37.7 Å². The molecule has 2 amide bonds. The Morgan fingerprint density at radius 2 is 1.77 bits per heavy atom. The molecule has 1 heterocycles. The van der Waals surface area contributed by atoms with E-state index < -0.39 is 44.3 Å². The Kier molecular flexibility index (Phi) is 7.17. The van der Waals surface area contributed by atoms with Crippen LogP contribution in [-0.2, 0) is 24.8 Å². The number of likely N-dealkylation sites (tertiary alicyclic amines) is 1. The Hall–Kier alpha value is -2.71. The lowest BCUT2D eigenvalue weighted by Gasteiger charge is -2.29. The summed E-state index contributed by atoms with van der Waals surface area (Å²) >= 11 is 18.9. The standard InChI is InChI=1S/C26H24Cl3N3O6S/c1-37-20-11-16(18(28)12-19(20)29)26(8-9-26)23(33)32-13-15(39(35,36)21-5-3-2-4-17(21)27)10-22(32)38-24(34)31-25(14-30)6-7-25/h2-5,11-12,15,22H,6-10,13H2,1H3,(H,31,34)/t15-,22+/m1/s1. The van der Waals surface area contributed by atoms with Gasteiger partial charge in [0.25, 0.3) is 0 Å². The van der Waals surface area contributed by atoms with Gasteiger partial charge >= 0.3 is 6.09 Å². The minimum atomic E-state index is -4.00. The molecule has 9 nitrogen and oxygen atoms in total. The largest absolute Gasteiger partial charge is 0.495 e. The Bertz CT molecular complexity index is 1500. The summed E-state index contributed by atoms with van der Waals surface area (Å²) in [6, 6.07) is 11.2. The number of methoxy groups -OCH3 is 1. The van der Waals surface area contributed by atoms with Crippen LogP contribution >= 0.6 is 34.8 Å². The molecule has 2 atom stereocenters. The molecule has 0 unspecified atom stereocenters. The molecule has 1 N–H and O–H groups in total. The molecule has 1 saturated heterocycles. The second-order valence-electron chi connectivity index (χ2n) is 10.0. The van der Waals surface area contributed by atoms with Crippen LogP contribution in [-0.4, -0.2) is 56.0 Å². The number of alkyl carbamates (subject to hydrolysis) is 1. The molecular weight excluding hydrogens is 589 g/mol. The molecule has 3 aliphatic rings. The van der Waals surface area contributed by atoms with Crippen LogP contribution in [0, 0.1) is 11.3 Å². The predicted octanol–water partition coefficient (Wildman–Crippen LogP) is 4.87. The third-order valence-corrected chi connectivity index (χ3v) is 10.8. The topological polar surface area (TPSA) is 126 Å². The highest BCUT2D eigenvalue weighted by atomic mass is 35.5. The number of sulfone groups is 1. The summed E-state index contributed by atoms with van der Waals surface area (Å²) in [5, 5.41) is 11.4. The van der Waals surface area contributed by atoms with E-state index in [1.807, 2.05) is 6.07 Å². The van der Waals surface area contributed by atoms with Gasteiger partial charge in [-0.25, -0.2) is 13.2 Å². The normalized spacial score (nSPS) is 22.5. The average molecular weight is 613 g/mol. The van der Waals surface area contributed by atoms with Crippen molar-refractivity contribution in [2.45, 2.75) is 59.4 Å². The molecule has 206 valence electrons. The lowest BCUT2D eigenvalue weighted by molar-refractivity contribution is -0.140. The fraction of sp³-hybridized carbons (Fsp3) is 0.423. The van der Waals surface area contributed by atoms with Crippen LogP contribution in [0.5, 0.6) is 5.75 Å². The summed E-state index contributed by atoms with van der Waals surface area (Å²) in [6.45, 7) is -0.224. The van der Waals surface area contributed by atoms with Gasteiger partial charge in [-0.15, -0.1) is 0 Å². The van der Waals surface area contributed by atoms with Crippen LogP contribution in [0.3, 0.4) is 0 Å². The molecule has 13 heteroatoms. The lowest BCUT2D eigenvalue weighted by Crippen LogP contribution is -2.47. The van der Waals surface area contributed by atoms with Crippen molar-refractivity contribution < 1.29 is 27.5 Å². The van der Waals surface area contributed by atoms with E-state index in [-0.39, 0.29) is 32.9 Å². The summed E-state index contributed by atoms with van der Waals surface area (Å²) < 4.78 is 38.1. The number of hydrogen-bond donors (Lipinski definition) is 1. The fourth-order valence-corrected chi connectivity index (χ4v) is 7.80. The van der Waals surface area contributed by atoms with Gasteiger partial charge in [0.15, 0.2) is 16.1 Å². The zero-order valence-electron chi connectivity index (χ0n) is 20.7. The molecule has 0 aromatic heterocycles. The molecule has 5 rings (SSSR count). The number of carbonyl (C=O) groups is 2. The van der Waals surface area contributed by atoms with E-state index in [4.69, 9.17) is 44.3 Å². The van der Waals surface area contributed by atoms with E-state index in [1.54, 1.807) is 18.2 Å². The smallest absolute Gasteiger partial charge is 0.410 e. The van der Waals surface area contributed by atoms with Gasteiger partial charge in [0.2, 0.25) is 5.91 Å². The molecule has 2 aliphatic carbocycles. The number of ether oxygens (including phenoxy) is 2. The molecule has 0 radical (unpaired) electrons. The fourth-order valence-electron chi connectivity index (χ4n) is 4.96. The molecule has 3 fully saturated rings. The molecule has 2 saturated carbocycles. The van der Waals surface area contributed by atoms with Crippen molar-refractivity contribution in [2.75, 3.05) is 13.7 Å². The summed E-state index contributed by atoms with van der Waals surface area (Å²) in [7, 11) is -2.55. The van der Waals surface area contributed by atoms with Gasteiger partial charge in [0.1, 0.15) is 11.3 Å². The van der Waals surface area contributed by atoms with Gasteiger partial charge in [-0.1, -0.05) is 46.9 Å². The van der Waals surface area contributed by atoms with E-state index >= 15 is 0 Å². The van der Waals surface area contributed by atoms with Crippen LogP contribution in [0.2, 0.25) is 15.1 Å². The Morgan fingerprint density at radius 1 is 1.08 bits per heavy atom. The second kappa shape index (κ2) is 10.0. The number of nitriles is 1. The van der Waals surface area contributed by atoms with Crippen molar-refractivity contribution in [1.82, 2.24) is 10.2 Å². The maximum Gasteiger partial charge on any atom is 0.410 e. The highest BCUT2D eigenvalue weighted by molar-refractivity contribution is 7.92. The van der Waals surface area contributed by atoms with Crippen LogP contribution < -0.4 is 10.1 Å². The lowest BCUT2D eigenvalue weighted by atomic mass is 9.94. The number of hydrogen-bond acceptors (Lipinski definition) is 7. The monoisotopic (exact) mass is 611 g/mol. The van der Waals surface area contributed by atoms with Crippen molar-refractivity contribution in [3.63, 3.8) is 0 Å². The molecule has 1 aliphatic heterocycles. The number of nitrogens with zero attached hydrogens (tertiary/aromatic N) is 2. The summed E-state index contributed by atoms with van der Waals surface area (Å²) in [5.41, 5.74) is -1.56. The third kappa shape index (κ3) is 5.02. The summed E-state index contributed by atoms with van der Waals surface area (Å²) in [4.78, 5) is 28.0. The first-order valence-corrected chi connectivity index (χ1v) is 14.9. The highest BCUT2D eigenvalue weighted by Crippen LogP contribution is 2.54. The minimum Gasteiger partial charge on any atom is -0.495 e. The molecule has 2 aromatic carbocycles. The van der Waals surface area contributed by atoms with Crippen molar-refractivity contribution in [2.24, 2.45) is 0 Å². The van der Waals surface area contributed by atoms with E-state index in [0.29, 0.717) is 37.0 Å². The van der Waals surface area contributed by atoms with E-state index in [1.165, 1.54) is 30.2 Å². The van der Waals surface area contributed by atoms with Crippen molar-refractivity contribution in [1.29, 1.82) is 5.26 Å². The van der Waals surface area contributed by atoms with Gasteiger partial charge in [-0.3, -0.25) is 4.79 Å². The van der Waals surface area contributed by atoms with E-state index in [2.05, 4.69) is 5.32 Å². The Morgan fingerprint density at radius 3 is 2.36 bits per heavy atom. The Labute approximate surface area is 240 Å². The van der Waals surface area contributed by atoms with Crippen LogP contribution in [0.25, 0.3) is 0 Å². The first-order chi connectivity index (χ1) is 18.5. The Balaban J connectivity index is 1.47. The van der Waals surface area contributed by atoms with Crippen LogP contribution in [0.4, 0.5) is 4.79 Å². The van der Waals surface area contributed by atoms with Gasteiger partial charge in [0.05, 0.1) is 38.8 Å². The zero-order valence-corrected chi connectivity index (χ0v) is 23.8. The maximum atomic E-state index is 14.1. The number of rotatable bonds is 7. The molecule has 39 heavy (non-hydrogen) atoms. The first-order valence-electron chi connectivity index (χ1n) is 12.2. The minimum absolute atomic E-state index is 0.0564. The van der Waals surface area contributed by atoms with Crippen molar-refractivity contribution >= 4 is 56.6 Å². The maximum absolute atomic E-state index is 14.1. The molecule has 2 aromatic rings. The average Bonchev–Trinajstić information content (AvgIpc) is 3.81.